The van der Waals surface area contributed by atoms with Crippen LogP contribution in [0.3, 0.4) is 0 Å². The highest BCUT2D eigenvalue weighted by atomic mass is 35.5. The minimum atomic E-state index is -0.397. The van der Waals surface area contributed by atoms with Gasteiger partial charge in [-0.05, 0) is 35.9 Å². The Morgan fingerprint density at radius 2 is 1.88 bits per heavy atom. The van der Waals surface area contributed by atoms with Gasteiger partial charge in [0.05, 0.1) is 25.5 Å². The molecular weight excluding hydrogens is 332 g/mol. The Bertz CT molecular complexity index is 734. The van der Waals surface area contributed by atoms with E-state index < -0.39 is 5.91 Å². The van der Waals surface area contributed by atoms with Crippen LogP contribution in [0.5, 0.6) is 17.2 Å². The van der Waals surface area contributed by atoms with Crippen LogP contribution >= 0.6 is 11.6 Å². The van der Waals surface area contributed by atoms with Gasteiger partial charge >= 0.3 is 0 Å². The zero-order valence-corrected chi connectivity index (χ0v) is 14.0. The number of hydrogen-bond donors (Lipinski definition) is 1. The number of hydrogen-bond acceptors (Lipinski definition) is 5. The van der Waals surface area contributed by atoms with E-state index in [4.69, 9.17) is 25.8 Å². The van der Waals surface area contributed by atoms with E-state index in [1.807, 2.05) is 0 Å². The van der Waals surface area contributed by atoms with Crippen molar-refractivity contribution in [3.8, 4) is 17.2 Å². The van der Waals surface area contributed by atoms with E-state index >= 15 is 0 Å². The van der Waals surface area contributed by atoms with Crippen molar-refractivity contribution >= 4 is 23.7 Å². The molecule has 0 heterocycles. The first-order valence-corrected chi connectivity index (χ1v) is 7.43. The SMILES string of the molecule is COc1ccc(/C=N/NC(=O)COc2ccccc2Cl)cc1OC. The van der Waals surface area contributed by atoms with Crippen molar-refractivity contribution in [1.82, 2.24) is 5.43 Å². The third-order valence-electron chi connectivity index (χ3n) is 3.01. The van der Waals surface area contributed by atoms with Crippen molar-refractivity contribution in [3.63, 3.8) is 0 Å². The Morgan fingerprint density at radius 1 is 1.12 bits per heavy atom. The van der Waals surface area contributed by atoms with Crippen LogP contribution < -0.4 is 19.6 Å². The summed E-state index contributed by atoms with van der Waals surface area (Å²) in [5.41, 5.74) is 3.13. The monoisotopic (exact) mass is 348 g/mol. The fraction of sp³-hybridized carbons (Fsp3) is 0.176. The minimum Gasteiger partial charge on any atom is -0.493 e. The van der Waals surface area contributed by atoms with Crippen LogP contribution in [0.25, 0.3) is 0 Å². The highest BCUT2D eigenvalue weighted by Gasteiger charge is 2.05. The standard InChI is InChI=1S/C17H17ClN2O4/c1-22-15-8-7-12(9-16(15)23-2)10-19-20-17(21)11-24-14-6-4-3-5-13(14)18/h3-10H,11H2,1-2H3,(H,20,21)/b19-10+. The Labute approximate surface area is 145 Å². The van der Waals surface area contributed by atoms with Crippen LogP contribution in [0, 0.1) is 0 Å². The second-order valence-corrected chi connectivity index (χ2v) is 5.03. The molecule has 0 unspecified atom stereocenters. The molecule has 0 aliphatic heterocycles. The Morgan fingerprint density at radius 3 is 2.58 bits per heavy atom. The normalized spacial score (nSPS) is 10.5. The summed E-state index contributed by atoms with van der Waals surface area (Å²) in [5.74, 6) is 1.24. The zero-order valence-electron chi connectivity index (χ0n) is 13.3. The molecule has 0 aliphatic carbocycles. The molecule has 1 N–H and O–H groups in total. The summed E-state index contributed by atoms with van der Waals surface area (Å²) >= 11 is 5.94. The molecule has 24 heavy (non-hydrogen) atoms. The van der Waals surface area contributed by atoms with Gasteiger partial charge in [-0.15, -0.1) is 0 Å². The Kier molecular flexibility index (Phi) is 6.45. The summed E-state index contributed by atoms with van der Waals surface area (Å²) in [6.07, 6.45) is 1.50. The number of nitrogens with one attached hydrogen (secondary N) is 1. The predicted octanol–water partition coefficient (Wildman–Crippen LogP) is 2.89. The van der Waals surface area contributed by atoms with Gasteiger partial charge in [-0.2, -0.15) is 5.10 Å². The maximum atomic E-state index is 11.7. The molecule has 0 fully saturated rings. The van der Waals surface area contributed by atoms with E-state index in [1.54, 1.807) is 56.7 Å². The van der Waals surface area contributed by atoms with Gasteiger partial charge in [-0.1, -0.05) is 23.7 Å². The molecule has 0 bridgehead atoms. The van der Waals surface area contributed by atoms with Crippen LogP contribution in [-0.2, 0) is 4.79 Å². The summed E-state index contributed by atoms with van der Waals surface area (Å²) in [4.78, 5) is 11.7. The van der Waals surface area contributed by atoms with Gasteiger partial charge in [-0.25, -0.2) is 5.43 Å². The first-order chi connectivity index (χ1) is 11.6. The van der Waals surface area contributed by atoms with Crippen molar-refractivity contribution in [2.75, 3.05) is 20.8 Å². The summed E-state index contributed by atoms with van der Waals surface area (Å²) in [5, 5.41) is 4.32. The maximum absolute atomic E-state index is 11.7. The summed E-state index contributed by atoms with van der Waals surface area (Å²) in [6, 6.07) is 12.2. The average molecular weight is 349 g/mol. The van der Waals surface area contributed by atoms with Gasteiger partial charge in [0.1, 0.15) is 5.75 Å². The Hall–Kier alpha value is -2.73. The lowest BCUT2D eigenvalue weighted by Gasteiger charge is -2.07. The number of nitrogens with zero attached hydrogens (tertiary/aromatic N) is 1. The van der Waals surface area contributed by atoms with E-state index in [0.717, 1.165) is 5.56 Å². The topological polar surface area (TPSA) is 69.2 Å². The van der Waals surface area contributed by atoms with Crippen LogP contribution in [0.4, 0.5) is 0 Å². The van der Waals surface area contributed by atoms with Crippen molar-refractivity contribution in [3.05, 3.63) is 53.1 Å². The van der Waals surface area contributed by atoms with E-state index in [0.29, 0.717) is 22.3 Å². The van der Waals surface area contributed by atoms with Gasteiger partial charge in [0.2, 0.25) is 0 Å². The number of hydrazone groups is 1. The lowest BCUT2D eigenvalue weighted by Crippen LogP contribution is -2.24. The van der Waals surface area contributed by atoms with Crippen molar-refractivity contribution in [1.29, 1.82) is 0 Å². The molecular formula is C17H17ClN2O4. The smallest absolute Gasteiger partial charge is 0.277 e. The zero-order chi connectivity index (χ0) is 17.4. The summed E-state index contributed by atoms with van der Waals surface area (Å²) in [7, 11) is 3.11. The lowest BCUT2D eigenvalue weighted by atomic mass is 10.2. The number of halogens is 1. The predicted molar refractivity (Wildman–Crippen MR) is 92.2 cm³/mol. The molecule has 0 aromatic heterocycles. The fourth-order valence-electron chi connectivity index (χ4n) is 1.85. The largest absolute Gasteiger partial charge is 0.493 e. The molecule has 126 valence electrons. The number of para-hydroxylation sites is 1. The Balaban J connectivity index is 1.87. The van der Waals surface area contributed by atoms with Gasteiger partial charge in [-0.3, -0.25) is 4.79 Å². The number of carbonyl (C=O) groups is 1. The molecule has 0 saturated heterocycles. The first-order valence-electron chi connectivity index (χ1n) is 7.05. The molecule has 1 amide bonds. The van der Waals surface area contributed by atoms with Gasteiger partial charge in [0.25, 0.3) is 5.91 Å². The number of carbonyl (C=O) groups excluding carboxylic acids is 1. The van der Waals surface area contributed by atoms with E-state index in [1.165, 1.54) is 6.21 Å². The van der Waals surface area contributed by atoms with Gasteiger partial charge in [0.15, 0.2) is 18.1 Å². The molecule has 7 heteroatoms. The van der Waals surface area contributed by atoms with E-state index in [9.17, 15) is 4.79 Å². The molecule has 2 aromatic carbocycles. The van der Waals surface area contributed by atoms with Crippen LogP contribution in [0.2, 0.25) is 5.02 Å². The van der Waals surface area contributed by atoms with E-state index in [2.05, 4.69) is 10.5 Å². The second kappa shape index (κ2) is 8.79. The quantitative estimate of drug-likeness (QED) is 0.617. The van der Waals surface area contributed by atoms with Gasteiger partial charge < -0.3 is 14.2 Å². The molecule has 6 nitrogen and oxygen atoms in total. The first kappa shape index (κ1) is 17.6. The average Bonchev–Trinajstić information content (AvgIpc) is 2.61. The molecule has 2 rings (SSSR count). The number of amides is 1. The lowest BCUT2D eigenvalue weighted by molar-refractivity contribution is -0.123. The molecule has 0 atom stereocenters. The highest BCUT2D eigenvalue weighted by molar-refractivity contribution is 6.32. The number of ether oxygens (including phenoxy) is 3. The van der Waals surface area contributed by atoms with Crippen LogP contribution in [0.1, 0.15) is 5.56 Å². The molecule has 0 spiro atoms. The highest BCUT2D eigenvalue weighted by Crippen LogP contribution is 2.26. The number of benzene rings is 2. The molecule has 0 saturated carbocycles. The third kappa shape index (κ3) is 4.89. The minimum absolute atomic E-state index is 0.187. The third-order valence-corrected chi connectivity index (χ3v) is 3.32. The van der Waals surface area contributed by atoms with Crippen molar-refractivity contribution in [2.45, 2.75) is 0 Å². The van der Waals surface area contributed by atoms with Crippen molar-refractivity contribution in [2.24, 2.45) is 5.10 Å². The van der Waals surface area contributed by atoms with Crippen LogP contribution in [-0.4, -0.2) is 32.9 Å². The van der Waals surface area contributed by atoms with E-state index in [-0.39, 0.29) is 6.61 Å². The second-order valence-electron chi connectivity index (χ2n) is 4.63. The number of rotatable bonds is 7. The van der Waals surface area contributed by atoms with Gasteiger partial charge in [0, 0.05) is 0 Å². The maximum Gasteiger partial charge on any atom is 0.277 e. The molecule has 0 radical (unpaired) electrons. The fourth-order valence-corrected chi connectivity index (χ4v) is 2.04. The summed E-state index contributed by atoms with van der Waals surface area (Å²) < 4.78 is 15.7. The van der Waals surface area contributed by atoms with Crippen molar-refractivity contribution < 1.29 is 19.0 Å². The summed E-state index contributed by atoms with van der Waals surface area (Å²) in [6.45, 7) is -0.187. The molecule has 2 aromatic rings. The van der Waals surface area contributed by atoms with Crippen LogP contribution in [0.15, 0.2) is 47.6 Å². The number of methoxy groups -OCH3 is 2. The molecule has 0 aliphatic rings.